The summed E-state index contributed by atoms with van der Waals surface area (Å²) >= 11 is 0. The van der Waals surface area contributed by atoms with Gasteiger partial charge >= 0.3 is 7.82 Å². The third-order valence-electron chi connectivity index (χ3n) is 2.24. The summed E-state index contributed by atoms with van der Waals surface area (Å²) in [6, 6.07) is 0. The van der Waals surface area contributed by atoms with Gasteiger partial charge in [0.1, 0.15) is 0 Å². The van der Waals surface area contributed by atoms with Crippen molar-refractivity contribution in [2.24, 2.45) is 0 Å². The molecule has 0 spiro atoms. The summed E-state index contributed by atoms with van der Waals surface area (Å²) in [6.45, 7) is 7.49. The molecular weight excluding hydrogens is 255 g/mol. The predicted molar refractivity (Wildman–Crippen MR) is 73.8 cm³/mol. The van der Waals surface area contributed by atoms with Gasteiger partial charge in [0.05, 0.1) is 19.8 Å². The van der Waals surface area contributed by atoms with E-state index in [0.29, 0.717) is 19.8 Å². The Morgan fingerprint density at radius 2 is 1.00 bits per heavy atom. The van der Waals surface area contributed by atoms with Gasteiger partial charge in [0.2, 0.25) is 0 Å². The van der Waals surface area contributed by atoms with Crippen LogP contribution in [0.4, 0.5) is 0 Å². The Hall–Kier alpha value is 0.0700. The lowest BCUT2D eigenvalue weighted by molar-refractivity contribution is 0.110. The molecule has 0 aliphatic heterocycles. The summed E-state index contributed by atoms with van der Waals surface area (Å²) in [4.78, 5) is 0. The maximum absolute atomic E-state index is 12.2. The largest absolute Gasteiger partial charge is 0.474 e. The van der Waals surface area contributed by atoms with Crippen molar-refractivity contribution in [3.05, 3.63) is 0 Å². The second kappa shape index (κ2) is 13.5. The Morgan fingerprint density at radius 1 is 0.722 bits per heavy atom. The van der Waals surface area contributed by atoms with E-state index in [4.69, 9.17) is 13.6 Å². The van der Waals surface area contributed by atoms with Crippen LogP contribution in [0.1, 0.15) is 59.3 Å². The summed E-state index contributed by atoms with van der Waals surface area (Å²) < 4.78 is 28.0. The second-order valence-corrected chi connectivity index (χ2v) is 5.68. The van der Waals surface area contributed by atoms with Crippen LogP contribution in [-0.2, 0) is 18.1 Å². The lowest BCUT2D eigenvalue weighted by Gasteiger charge is -2.17. The fourth-order valence-corrected chi connectivity index (χ4v) is 2.36. The summed E-state index contributed by atoms with van der Waals surface area (Å²) in [5, 5.41) is 0. The Labute approximate surface area is 111 Å². The number of phosphoric acid groups is 1. The number of unbranched alkanes of at least 4 members (excludes halogenated alkanes) is 3. The molecule has 0 saturated heterocycles. The molecule has 0 amide bonds. The molecule has 6 heteroatoms. The SMILES string of the molecule is CCCCOP(=O)(OCCCC)OCCCC.O. The van der Waals surface area contributed by atoms with E-state index in [9.17, 15) is 4.57 Å². The average Bonchev–Trinajstić information content (AvgIpc) is 2.30. The van der Waals surface area contributed by atoms with Crippen LogP contribution in [0.3, 0.4) is 0 Å². The normalized spacial score (nSPS) is 11.3. The molecule has 0 aliphatic rings. The van der Waals surface area contributed by atoms with Crippen molar-refractivity contribution < 1.29 is 23.6 Å². The molecule has 18 heavy (non-hydrogen) atoms. The molecule has 0 radical (unpaired) electrons. The highest BCUT2D eigenvalue weighted by atomic mass is 31.2. The van der Waals surface area contributed by atoms with Crippen LogP contribution < -0.4 is 0 Å². The van der Waals surface area contributed by atoms with Crippen molar-refractivity contribution in [1.29, 1.82) is 0 Å². The number of hydrogen-bond donors (Lipinski definition) is 0. The summed E-state index contributed by atoms with van der Waals surface area (Å²) in [5.41, 5.74) is 0. The maximum Gasteiger partial charge on any atom is 0.474 e. The van der Waals surface area contributed by atoms with E-state index in [-0.39, 0.29) is 5.48 Å². The topological polar surface area (TPSA) is 76.3 Å². The molecule has 0 atom stereocenters. The molecule has 112 valence electrons. The Morgan fingerprint density at radius 3 is 1.22 bits per heavy atom. The van der Waals surface area contributed by atoms with Crippen molar-refractivity contribution >= 4 is 7.82 Å². The van der Waals surface area contributed by atoms with Gasteiger partial charge in [-0.05, 0) is 19.3 Å². The highest BCUT2D eigenvalue weighted by Gasteiger charge is 2.25. The molecular formula is C12H29O5P. The zero-order valence-corrected chi connectivity index (χ0v) is 12.8. The van der Waals surface area contributed by atoms with Crippen LogP contribution in [0.15, 0.2) is 0 Å². The van der Waals surface area contributed by atoms with Crippen molar-refractivity contribution in [2.45, 2.75) is 59.3 Å². The molecule has 0 fully saturated rings. The van der Waals surface area contributed by atoms with Crippen molar-refractivity contribution in [3.8, 4) is 0 Å². The first kappa shape index (κ1) is 20.4. The van der Waals surface area contributed by atoms with E-state index < -0.39 is 7.82 Å². The van der Waals surface area contributed by atoms with Gasteiger partial charge in [-0.25, -0.2) is 4.57 Å². The molecule has 0 heterocycles. The van der Waals surface area contributed by atoms with Crippen LogP contribution in [0.5, 0.6) is 0 Å². The van der Waals surface area contributed by atoms with Gasteiger partial charge in [-0.1, -0.05) is 40.0 Å². The van der Waals surface area contributed by atoms with Gasteiger partial charge in [-0.3, -0.25) is 13.6 Å². The predicted octanol–water partition coefficient (Wildman–Crippen LogP) is 3.72. The van der Waals surface area contributed by atoms with Crippen LogP contribution >= 0.6 is 7.82 Å². The van der Waals surface area contributed by atoms with Gasteiger partial charge in [-0.15, -0.1) is 0 Å². The van der Waals surface area contributed by atoms with Crippen molar-refractivity contribution in [3.63, 3.8) is 0 Å². The van der Waals surface area contributed by atoms with Crippen LogP contribution in [0.2, 0.25) is 0 Å². The monoisotopic (exact) mass is 284 g/mol. The van der Waals surface area contributed by atoms with Gasteiger partial charge < -0.3 is 5.48 Å². The minimum absolute atomic E-state index is 0. The van der Waals surface area contributed by atoms with E-state index >= 15 is 0 Å². The van der Waals surface area contributed by atoms with Gasteiger partial charge in [-0.2, -0.15) is 0 Å². The Balaban J connectivity index is 0. The highest BCUT2D eigenvalue weighted by Crippen LogP contribution is 2.49. The molecule has 0 aromatic rings. The molecule has 5 nitrogen and oxygen atoms in total. The third kappa shape index (κ3) is 11.2. The van der Waals surface area contributed by atoms with Crippen LogP contribution in [0, 0.1) is 0 Å². The lowest BCUT2D eigenvalue weighted by atomic mass is 10.4. The first-order valence-corrected chi connectivity index (χ1v) is 8.18. The van der Waals surface area contributed by atoms with Crippen LogP contribution in [-0.4, -0.2) is 25.3 Å². The van der Waals surface area contributed by atoms with E-state index in [0.717, 1.165) is 38.5 Å². The average molecular weight is 284 g/mol. The first-order chi connectivity index (χ1) is 8.18. The molecule has 0 rings (SSSR count). The zero-order chi connectivity index (χ0) is 13.0. The molecule has 0 bridgehead atoms. The molecule has 0 saturated carbocycles. The summed E-state index contributed by atoms with van der Waals surface area (Å²) in [7, 11) is -3.31. The number of hydrogen-bond acceptors (Lipinski definition) is 4. The summed E-state index contributed by atoms with van der Waals surface area (Å²) in [5.74, 6) is 0. The molecule has 0 aliphatic carbocycles. The van der Waals surface area contributed by atoms with E-state index in [1.54, 1.807) is 0 Å². The quantitative estimate of drug-likeness (QED) is 0.404. The Kier molecular flexibility index (Phi) is 15.3. The van der Waals surface area contributed by atoms with Crippen molar-refractivity contribution in [2.75, 3.05) is 19.8 Å². The number of rotatable bonds is 12. The molecule has 0 aromatic heterocycles. The third-order valence-corrected chi connectivity index (χ3v) is 3.74. The fourth-order valence-electron chi connectivity index (χ4n) is 1.07. The van der Waals surface area contributed by atoms with Gasteiger partial charge in [0.25, 0.3) is 0 Å². The maximum atomic E-state index is 12.2. The molecule has 0 unspecified atom stereocenters. The number of phosphoric ester groups is 1. The van der Waals surface area contributed by atoms with Gasteiger partial charge in [0.15, 0.2) is 0 Å². The highest BCUT2D eigenvalue weighted by molar-refractivity contribution is 7.48. The lowest BCUT2D eigenvalue weighted by Crippen LogP contribution is -2.03. The standard InChI is InChI=1S/C12H27O4P.H2O/c1-4-7-10-14-17(13,15-11-8-5-2)16-12-9-6-3;/h4-12H2,1-3H3;1H2. The molecule has 0 aromatic carbocycles. The van der Waals surface area contributed by atoms with Crippen molar-refractivity contribution in [1.82, 2.24) is 0 Å². The van der Waals surface area contributed by atoms with E-state index in [1.165, 1.54) is 0 Å². The van der Waals surface area contributed by atoms with Crippen LogP contribution in [0.25, 0.3) is 0 Å². The smallest absolute Gasteiger partial charge is 0.412 e. The minimum Gasteiger partial charge on any atom is -0.412 e. The molecule has 2 N–H and O–H groups in total. The summed E-state index contributed by atoms with van der Waals surface area (Å²) in [6.07, 6.45) is 5.63. The minimum atomic E-state index is -3.31. The Bertz CT molecular complexity index is 177. The van der Waals surface area contributed by atoms with E-state index in [1.807, 2.05) is 0 Å². The second-order valence-electron chi connectivity index (χ2n) is 4.01. The first-order valence-electron chi connectivity index (χ1n) is 6.72. The van der Waals surface area contributed by atoms with Gasteiger partial charge in [0, 0.05) is 0 Å². The fraction of sp³-hybridized carbons (Fsp3) is 1.00. The van der Waals surface area contributed by atoms with E-state index in [2.05, 4.69) is 20.8 Å². The zero-order valence-electron chi connectivity index (χ0n) is 11.9.